The Bertz CT molecular complexity index is 473. The van der Waals surface area contributed by atoms with Crippen molar-refractivity contribution in [3.8, 4) is 0 Å². The Balaban J connectivity index is 1.95. The molecule has 1 aromatic carbocycles. The van der Waals surface area contributed by atoms with Crippen LogP contribution in [-0.2, 0) is 0 Å². The molecule has 2 rings (SSSR count). The standard InChI is InChI=1S/C16H25F2N3/c1-12-10-16(18)14(11-15(12)17)13(2)20(3)8-9-21-6-4-19-5-7-21/h10-11,13,19H,4-9H2,1-3H3. The van der Waals surface area contributed by atoms with E-state index in [1.54, 1.807) is 6.92 Å². The summed E-state index contributed by atoms with van der Waals surface area (Å²) >= 11 is 0. The van der Waals surface area contributed by atoms with E-state index in [-0.39, 0.29) is 17.7 Å². The van der Waals surface area contributed by atoms with Crippen LogP contribution in [0.4, 0.5) is 8.78 Å². The first-order valence-corrected chi connectivity index (χ1v) is 7.58. The molecule has 1 fully saturated rings. The van der Waals surface area contributed by atoms with E-state index >= 15 is 0 Å². The van der Waals surface area contributed by atoms with Gasteiger partial charge in [-0.2, -0.15) is 0 Å². The second-order valence-corrected chi connectivity index (χ2v) is 5.87. The zero-order valence-electron chi connectivity index (χ0n) is 13.1. The first kappa shape index (κ1) is 16.3. The van der Waals surface area contributed by atoms with E-state index in [9.17, 15) is 8.78 Å². The summed E-state index contributed by atoms with van der Waals surface area (Å²) in [6.45, 7) is 9.46. The average Bonchev–Trinajstić information content (AvgIpc) is 2.49. The molecule has 21 heavy (non-hydrogen) atoms. The number of hydrogen-bond acceptors (Lipinski definition) is 3. The summed E-state index contributed by atoms with van der Waals surface area (Å²) in [7, 11) is 1.96. The highest BCUT2D eigenvalue weighted by molar-refractivity contribution is 5.27. The summed E-state index contributed by atoms with van der Waals surface area (Å²) in [5, 5.41) is 3.32. The van der Waals surface area contributed by atoms with E-state index in [1.165, 1.54) is 12.1 Å². The topological polar surface area (TPSA) is 18.5 Å². The van der Waals surface area contributed by atoms with E-state index in [0.29, 0.717) is 11.1 Å². The Labute approximate surface area is 125 Å². The van der Waals surface area contributed by atoms with Gasteiger partial charge >= 0.3 is 0 Å². The zero-order valence-corrected chi connectivity index (χ0v) is 13.1. The third-order valence-electron chi connectivity index (χ3n) is 4.37. The van der Waals surface area contributed by atoms with Gasteiger partial charge < -0.3 is 5.32 Å². The number of nitrogens with zero attached hydrogens (tertiary/aromatic N) is 2. The van der Waals surface area contributed by atoms with E-state index < -0.39 is 0 Å². The third-order valence-corrected chi connectivity index (χ3v) is 4.37. The first-order valence-electron chi connectivity index (χ1n) is 7.58. The fraction of sp³-hybridized carbons (Fsp3) is 0.625. The predicted molar refractivity (Wildman–Crippen MR) is 81.4 cm³/mol. The van der Waals surface area contributed by atoms with Crippen molar-refractivity contribution in [3.63, 3.8) is 0 Å². The number of halogens is 2. The fourth-order valence-corrected chi connectivity index (χ4v) is 2.65. The van der Waals surface area contributed by atoms with Crippen molar-refractivity contribution in [1.29, 1.82) is 0 Å². The van der Waals surface area contributed by atoms with Crippen LogP contribution in [-0.4, -0.2) is 56.1 Å². The lowest BCUT2D eigenvalue weighted by Crippen LogP contribution is -2.46. The lowest BCUT2D eigenvalue weighted by Gasteiger charge is -2.31. The highest BCUT2D eigenvalue weighted by Crippen LogP contribution is 2.24. The first-order chi connectivity index (χ1) is 9.99. The molecule has 1 N–H and O–H groups in total. The van der Waals surface area contributed by atoms with Gasteiger partial charge in [0.1, 0.15) is 11.6 Å². The summed E-state index contributed by atoms with van der Waals surface area (Å²) in [4.78, 5) is 4.47. The Kier molecular flexibility index (Phi) is 5.67. The van der Waals surface area contributed by atoms with Gasteiger partial charge in [0.25, 0.3) is 0 Å². The molecule has 1 aliphatic rings. The van der Waals surface area contributed by atoms with Crippen LogP contribution in [0, 0.1) is 18.6 Å². The average molecular weight is 297 g/mol. The number of rotatable bonds is 5. The molecule has 0 radical (unpaired) electrons. The van der Waals surface area contributed by atoms with Crippen molar-refractivity contribution in [3.05, 3.63) is 34.9 Å². The van der Waals surface area contributed by atoms with Crippen LogP contribution in [0.5, 0.6) is 0 Å². The molecule has 0 spiro atoms. The molecular weight excluding hydrogens is 272 g/mol. The predicted octanol–water partition coefficient (Wildman–Crippen LogP) is 2.17. The van der Waals surface area contributed by atoms with Gasteiger partial charge in [-0.05, 0) is 38.6 Å². The fourth-order valence-electron chi connectivity index (χ4n) is 2.65. The monoisotopic (exact) mass is 297 g/mol. The van der Waals surface area contributed by atoms with Crippen molar-refractivity contribution in [2.75, 3.05) is 46.3 Å². The minimum atomic E-state index is -0.339. The molecule has 1 saturated heterocycles. The van der Waals surface area contributed by atoms with Gasteiger partial charge in [-0.25, -0.2) is 8.78 Å². The van der Waals surface area contributed by atoms with Crippen LogP contribution in [0.25, 0.3) is 0 Å². The summed E-state index contributed by atoms with van der Waals surface area (Å²) < 4.78 is 27.7. The highest BCUT2D eigenvalue weighted by Gasteiger charge is 2.18. The van der Waals surface area contributed by atoms with E-state index in [2.05, 4.69) is 15.1 Å². The van der Waals surface area contributed by atoms with Crippen molar-refractivity contribution in [1.82, 2.24) is 15.1 Å². The smallest absolute Gasteiger partial charge is 0.128 e. The van der Waals surface area contributed by atoms with Crippen molar-refractivity contribution in [2.24, 2.45) is 0 Å². The van der Waals surface area contributed by atoms with Crippen molar-refractivity contribution < 1.29 is 8.78 Å². The molecule has 118 valence electrons. The molecule has 0 aliphatic carbocycles. The second kappa shape index (κ2) is 7.29. The molecule has 1 aliphatic heterocycles. The Morgan fingerprint density at radius 3 is 2.57 bits per heavy atom. The summed E-state index contributed by atoms with van der Waals surface area (Å²) in [6, 6.07) is 2.48. The lowest BCUT2D eigenvalue weighted by molar-refractivity contribution is 0.181. The van der Waals surface area contributed by atoms with E-state index in [0.717, 1.165) is 39.3 Å². The minimum absolute atomic E-state index is 0.136. The minimum Gasteiger partial charge on any atom is -0.314 e. The largest absolute Gasteiger partial charge is 0.314 e. The van der Waals surface area contributed by atoms with Crippen LogP contribution < -0.4 is 5.32 Å². The van der Waals surface area contributed by atoms with Gasteiger partial charge in [0, 0.05) is 50.9 Å². The number of aryl methyl sites for hydroxylation is 1. The van der Waals surface area contributed by atoms with Gasteiger partial charge in [-0.3, -0.25) is 9.80 Å². The maximum atomic E-state index is 14.0. The zero-order chi connectivity index (χ0) is 15.4. The van der Waals surface area contributed by atoms with Gasteiger partial charge in [-0.1, -0.05) is 0 Å². The van der Waals surface area contributed by atoms with Crippen LogP contribution in [0.2, 0.25) is 0 Å². The second-order valence-electron chi connectivity index (χ2n) is 5.87. The van der Waals surface area contributed by atoms with Gasteiger partial charge in [0.05, 0.1) is 0 Å². The maximum Gasteiger partial charge on any atom is 0.128 e. The van der Waals surface area contributed by atoms with Crippen molar-refractivity contribution >= 4 is 0 Å². The quantitative estimate of drug-likeness (QED) is 0.898. The highest BCUT2D eigenvalue weighted by atomic mass is 19.1. The molecule has 0 bridgehead atoms. The molecule has 0 aromatic heterocycles. The number of benzene rings is 1. The van der Waals surface area contributed by atoms with E-state index in [1.807, 2.05) is 14.0 Å². The lowest BCUT2D eigenvalue weighted by atomic mass is 10.0. The van der Waals surface area contributed by atoms with E-state index in [4.69, 9.17) is 0 Å². The Morgan fingerprint density at radius 1 is 1.24 bits per heavy atom. The van der Waals surface area contributed by atoms with Crippen LogP contribution >= 0.6 is 0 Å². The molecule has 1 heterocycles. The summed E-state index contributed by atoms with van der Waals surface area (Å²) in [5.41, 5.74) is 0.785. The molecule has 1 unspecified atom stereocenters. The molecule has 0 amide bonds. The van der Waals surface area contributed by atoms with Gasteiger partial charge in [0.2, 0.25) is 0 Å². The Morgan fingerprint density at radius 2 is 1.90 bits per heavy atom. The summed E-state index contributed by atoms with van der Waals surface area (Å²) in [6.07, 6.45) is 0. The number of hydrogen-bond donors (Lipinski definition) is 1. The van der Waals surface area contributed by atoms with Crippen LogP contribution in [0.1, 0.15) is 24.1 Å². The van der Waals surface area contributed by atoms with Crippen LogP contribution in [0.3, 0.4) is 0 Å². The third kappa shape index (κ3) is 4.22. The molecule has 5 heteroatoms. The molecule has 1 aromatic rings. The molecular formula is C16H25F2N3. The number of piperazine rings is 1. The maximum absolute atomic E-state index is 14.0. The number of nitrogens with one attached hydrogen (secondary N) is 1. The number of likely N-dealkylation sites (N-methyl/N-ethyl adjacent to an activating group) is 1. The summed E-state index contributed by atoms with van der Waals surface area (Å²) in [5.74, 6) is -0.663. The molecule has 1 atom stereocenters. The molecule has 0 saturated carbocycles. The van der Waals surface area contributed by atoms with Crippen LogP contribution in [0.15, 0.2) is 12.1 Å². The SMILES string of the molecule is Cc1cc(F)c(C(C)N(C)CCN2CCNCC2)cc1F. The van der Waals surface area contributed by atoms with Gasteiger partial charge in [0.15, 0.2) is 0 Å². The normalized spacial score (nSPS) is 18.2. The van der Waals surface area contributed by atoms with Gasteiger partial charge in [-0.15, -0.1) is 0 Å². The Hall–Kier alpha value is -1.04. The molecule has 3 nitrogen and oxygen atoms in total. The van der Waals surface area contributed by atoms with Crippen molar-refractivity contribution in [2.45, 2.75) is 19.9 Å².